The lowest BCUT2D eigenvalue weighted by Gasteiger charge is -2.19. The molecule has 4 nitrogen and oxygen atoms in total. The summed E-state index contributed by atoms with van der Waals surface area (Å²) in [6.07, 6.45) is 0. The van der Waals surface area contributed by atoms with Crippen LogP contribution in [-0.4, -0.2) is 34.3 Å². The van der Waals surface area contributed by atoms with Crippen LogP contribution in [-0.2, 0) is 4.79 Å². The minimum atomic E-state index is -1.70. The molecule has 100 valence electrons. The Bertz CT molecular complexity index is 609. The largest absolute Gasteiger partial charge is 0.291 e. The summed E-state index contributed by atoms with van der Waals surface area (Å²) in [4.78, 5) is 22.9. The number of hydrogen-bond acceptors (Lipinski definition) is 3. The highest BCUT2D eigenvalue weighted by Gasteiger charge is 2.53. The minimum absolute atomic E-state index is 0.310. The third-order valence-electron chi connectivity index (χ3n) is 3.47. The Hall–Kier alpha value is -1.68. The molecule has 0 N–H and O–H groups in total. The number of alkyl halides is 1. The minimum Gasteiger partial charge on any atom is -0.291 e. The fourth-order valence-electron chi connectivity index (χ4n) is 2.06. The summed E-state index contributed by atoms with van der Waals surface area (Å²) in [6, 6.07) is 5.28. The lowest BCUT2D eigenvalue weighted by atomic mass is 9.91. The SMILES string of the molecule is CC1=NN(C)C(=O)C1(Cl)C(=O)c1ccc(C)c(C)c1. The molecule has 1 amide bonds. The first-order valence-electron chi connectivity index (χ1n) is 5.93. The van der Waals surface area contributed by atoms with Crippen LogP contribution >= 0.6 is 11.6 Å². The third-order valence-corrected chi connectivity index (χ3v) is 4.08. The maximum absolute atomic E-state index is 12.5. The van der Waals surface area contributed by atoms with E-state index in [-0.39, 0.29) is 0 Å². The van der Waals surface area contributed by atoms with Gasteiger partial charge in [0.05, 0.1) is 5.71 Å². The third kappa shape index (κ3) is 1.96. The Kier molecular flexibility index (Phi) is 3.22. The Labute approximate surface area is 117 Å². The van der Waals surface area contributed by atoms with Crippen LogP contribution in [0.1, 0.15) is 28.4 Å². The zero-order chi connectivity index (χ0) is 14.4. The van der Waals surface area contributed by atoms with Gasteiger partial charge >= 0.3 is 0 Å². The van der Waals surface area contributed by atoms with Crippen molar-refractivity contribution in [1.82, 2.24) is 5.01 Å². The van der Waals surface area contributed by atoms with Gasteiger partial charge in [0.2, 0.25) is 4.87 Å². The highest BCUT2D eigenvalue weighted by molar-refractivity contribution is 6.60. The average molecular weight is 279 g/mol. The highest BCUT2D eigenvalue weighted by atomic mass is 35.5. The molecule has 0 aliphatic carbocycles. The van der Waals surface area contributed by atoms with Crippen LogP contribution in [0.25, 0.3) is 0 Å². The normalized spacial score (nSPS) is 22.7. The monoisotopic (exact) mass is 278 g/mol. The Morgan fingerprint density at radius 2 is 1.89 bits per heavy atom. The van der Waals surface area contributed by atoms with Crippen molar-refractivity contribution in [2.45, 2.75) is 25.6 Å². The molecule has 1 atom stereocenters. The number of ketones is 1. The summed E-state index contributed by atoms with van der Waals surface area (Å²) < 4.78 is 0. The lowest BCUT2D eigenvalue weighted by Crippen LogP contribution is -2.46. The zero-order valence-electron chi connectivity index (χ0n) is 11.3. The van der Waals surface area contributed by atoms with E-state index >= 15 is 0 Å². The number of aryl methyl sites for hydroxylation is 2. The van der Waals surface area contributed by atoms with Crippen LogP contribution in [0.3, 0.4) is 0 Å². The molecule has 0 aromatic heterocycles. The van der Waals surface area contributed by atoms with Crippen molar-refractivity contribution in [3.63, 3.8) is 0 Å². The van der Waals surface area contributed by atoms with Gasteiger partial charge in [-0.3, -0.25) is 9.59 Å². The average Bonchev–Trinajstić information content (AvgIpc) is 2.57. The summed E-state index contributed by atoms with van der Waals surface area (Å²) >= 11 is 6.27. The van der Waals surface area contributed by atoms with Crippen molar-refractivity contribution in [1.29, 1.82) is 0 Å². The second kappa shape index (κ2) is 4.46. The van der Waals surface area contributed by atoms with Crippen LogP contribution in [0.5, 0.6) is 0 Å². The first-order chi connectivity index (χ1) is 8.78. The van der Waals surface area contributed by atoms with Crippen molar-refractivity contribution in [3.8, 4) is 0 Å². The standard InChI is InChI=1S/C14H15ClN2O2/c1-8-5-6-11(7-9(8)2)12(18)14(15)10(3)16-17(4)13(14)19/h5-7H,1-4H3. The molecule has 1 aromatic carbocycles. The molecule has 1 aromatic rings. The van der Waals surface area contributed by atoms with E-state index in [1.54, 1.807) is 19.1 Å². The number of halogens is 1. The summed E-state index contributed by atoms with van der Waals surface area (Å²) in [5.41, 5.74) is 2.81. The van der Waals surface area contributed by atoms with Crippen molar-refractivity contribution in [2.75, 3.05) is 7.05 Å². The van der Waals surface area contributed by atoms with Gasteiger partial charge in [-0.05, 0) is 38.0 Å². The molecule has 1 aliphatic rings. The summed E-state index contributed by atoms with van der Waals surface area (Å²) in [7, 11) is 1.49. The summed E-state index contributed by atoms with van der Waals surface area (Å²) in [5, 5.41) is 5.07. The van der Waals surface area contributed by atoms with Gasteiger partial charge in [-0.1, -0.05) is 23.7 Å². The number of nitrogens with zero attached hydrogens (tertiary/aromatic N) is 2. The Morgan fingerprint density at radius 3 is 2.37 bits per heavy atom. The number of hydrazone groups is 1. The van der Waals surface area contributed by atoms with Crippen LogP contribution < -0.4 is 0 Å². The second-order valence-corrected chi connectivity index (χ2v) is 5.37. The molecule has 5 heteroatoms. The molecule has 0 saturated heterocycles. The Balaban J connectivity index is 2.47. The van der Waals surface area contributed by atoms with Crippen molar-refractivity contribution in [2.24, 2.45) is 5.10 Å². The van der Waals surface area contributed by atoms with Gasteiger partial charge < -0.3 is 0 Å². The summed E-state index contributed by atoms with van der Waals surface area (Å²) in [5.74, 6) is -0.928. The molecule has 0 saturated carbocycles. The van der Waals surface area contributed by atoms with E-state index in [0.717, 1.165) is 16.1 Å². The number of hydrogen-bond donors (Lipinski definition) is 0. The molecular formula is C14H15ClN2O2. The van der Waals surface area contributed by atoms with E-state index in [0.29, 0.717) is 11.3 Å². The van der Waals surface area contributed by atoms with Gasteiger partial charge in [-0.25, -0.2) is 5.01 Å². The van der Waals surface area contributed by atoms with Crippen LogP contribution in [0.2, 0.25) is 0 Å². The van der Waals surface area contributed by atoms with E-state index in [4.69, 9.17) is 11.6 Å². The molecular weight excluding hydrogens is 264 g/mol. The number of carbonyl (C=O) groups is 2. The van der Waals surface area contributed by atoms with Crippen LogP contribution in [0, 0.1) is 13.8 Å². The highest BCUT2D eigenvalue weighted by Crippen LogP contribution is 2.31. The van der Waals surface area contributed by atoms with E-state index in [1.807, 2.05) is 19.9 Å². The predicted molar refractivity (Wildman–Crippen MR) is 74.7 cm³/mol. The molecule has 19 heavy (non-hydrogen) atoms. The number of Topliss-reactive ketones (excluding diaryl/α,β-unsaturated/α-hetero) is 1. The van der Waals surface area contributed by atoms with Crippen molar-refractivity contribution in [3.05, 3.63) is 34.9 Å². The van der Waals surface area contributed by atoms with E-state index < -0.39 is 16.6 Å². The zero-order valence-corrected chi connectivity index (χ0v) is 12.1. The maximum atomic E-state index is 12.5. The molecule has 1 heterocycles. The quantitative estimate of drug-likeness (QED) is 0.473. The molecule has 0 spiro atoms. The van der Waals surface area contributed by atoms with Gasteiger partial charge in [-0.15, -0.1) is 0 Å². The molecule has 1 unspecified atom stereocenters. The van der Waals surface area contributed by atoms with E-state index in [2.05, 4.69) is 5.10 Å². The van der Waals surface area contributed by atoms with Gasteiger partial charge in [0, 0.05) is 12.6 Å². The van der Waals surface area contributed by atoms with Crippen molar-refractivity contribution >= 4 is 29.0 Å². The topological polar surface area (TPSA) is 49.7 Å². The number of rotatable bonds is 2. The van der Waals surface area contributed by atoms with Crippen LogP contribution in [0.4, 0.5) is 0 Å². The van der Waals surface area contributed by atoms with E-state index in [1.165, 1.54) is 7.05 Å². The maximum Gasteiger partial charge on any atom is 0.277 e. The predicted octanol–water partition coefficient (Wildman–Crippen LogP) is 2.31. The van der Waals surface area contributed by atoms with Crippen molar-refractivity contribution < 1.29 is 9.59 Å². The van der Waals surface area contributed by atoms with Gasteiger partial charge in [-0.2, -0.15) is 5.10 Å². The summed E-state index contributed by atoms with van der Waals surface area (Å²) in [6.45, 7) is 5.46. The molecule has 0 fully saturated rings. The molecule has 0 bridgehead atoms. The number of benzene rings is 1. The lowest BCUT2D eigenvalue weighted by molar-refractivity contribution is -0.128. The second-order valence-electron chi connectivity index (χ2n) is 4.80. The number of carbonyl (C=O) groups excluding carboxylic acids is 2. The van der Waals surface area contributed by atoms with Gasteiger partial charge in [0.1, 0.15) is 0 Å². The first-order valence-corrected chi connectivity index (χ1v) is 6.31. The van der Waals surface area contributed by atoms with Gasteiger partial charge in [0.15, 0.2) is 5.78 Å². The molecule has 0 radical (unpaired) electrons. The van der Waals surface area contributed by atoms with E-state index in [9.17, 15) is 9.59 Å². The Morgan fingerprint density at radius 1 is 1.26 bits per heavy atom. The fourth-order valence-corrected chi connectivity index (χ4v) is 2.33. The first kappa shape index (κ1) is 13.7. The molecule has 2 rings (SSSR count). The fraction of sp³-hybridized carbons (Fsp3) is 0.357. The van der Waals surface area contributed by atoms with Gasteiger partial charge in [0.25, 0.3) is 5.91 Å². The molecule has 1 aliphatic heterocycles. The smallest absolute Gasteiger partial charge is 0.277 e. The number of amides is 1. The van der Waals surface area contributed by atoms with Crippen LogP contribution in [0.15, 0.2) is 23.3 Å².